The largest absolute Gasteiger partial charge is 0.324 e. The molecule has 2 aromatic rings. The second-order valence-corrected chi connectivity index (χ2v) is 7.51. The third-order valence-electron chi connectivity index (χ3n) is 5.51. The first kappa shape index (κ1) is 18.9. The quantitative estimate of drug-likeness (QED) is 0.651. The first-order valence-electron chi connectivity index (χ1n) is 9.94. The van der Waals surface area contributed by atoms with Crippen LogP contribution < -0.4 is 5.32 Å². The van der Waals surface area contributed by atoms with Crippen LogP contribution in [0.2, 0.25) is 0 Å². The maximum atomic E-state index is 12.5. The fraction of sp³-hybridized carbons (Fsp3) is 0.292. The van der Waals surface area contributed by atoms with Crippen LogP contribution in [0.3, 0.4) is 0 Å². The van der Waals surface area contributed by atoms with Gasteiger partial charge in [-0.25, -0.2) is 0 Å². The molecule has 2 unspecified atom stereocenters. The minimum Gasteiger partial charge on any atom is -0.324 e. The van der Waals surface area contributed by atoms with Gasteiger partial charge >= 0.3 is 0 Å². The van der Waals surface area contributed by atoms with E-state index in [1.165, 1.54) is 0 Å². The minimum absolute atomic E-state index is 0.197. The first-order chi connectivity index (χ1) is 14.1. The summed E-state index contributed by atoms with van der Waals surface area (Å²) in [6.45, 7) is -0.232. The van der Waals surface area contributed by atoms with Gasteiger partial charge in [-0.2, -0.15) is 0 Å². The second kappa shape index (κ2) is 8.32. The topological polar surface area (TPSA) is 66.5 Å². The van der Waals surface area contributed by atoms with Crippen LogP contribution in [0.15, 0.2) is 54.6 Å². The number of imide groups is 1. The lowest BCUT2D eigenvalue weighted by Crippen LogP contribution is -2.38. The molecule has 5 heteroatoms. The molecule has 0 spiro atoms. The molecule has 0 bridgehead atoms. The summed E-state index contributed by atoms with van der Waals surface area (Å²) in [6.07, 6.45) is 3.43. The number of anilines is 1. The number of rotatable bonds is 3. The number of nitrogens with one attached hydrogen (secondary N) is 1. The summed E-state index contributed by atoms with van der Waals surface area (Å²) in [5.74, 6) is 4.91. The van der Waals surface area contributed by atoms with Crippen molar-refractivity contribution in [2.45, 2.75) is 25.7 Å². The zero-order valence-electron chi connectivity index (χ0n) is 16.1. The average molecular weight is 386 g/mol. The number of hydrogen-bond donors (Lipinski definition) is 1. The molecule has 2 aliphatic rings. The Morgan fingerprint density at radius 1 is 0.897 bits per heavy atom. The van der Waals surface area contributed by atoms with Crippen LogP contribution in [0.25, 0.3) is 0 Å². The van der Waals surface area contributed by atoms with Gasteiger partial charge in [-0.3, -0.25) is 19.3 Å². The molecule has 0 aromatic heterocycles. The van der Waals surface area contributed by atoms with Crippen LogP contribution >= 0.6 is 0 Å². The number of likely N-dealkylation sites (tertiary alicyclic amines) is 1. The van der Waals surface area contributed by atoms with E-state index in [2.05, 4.69) is 17.2 Å². The van der Waals surface area contributed by atoms with E-state index < -0.39 is 0 Å². The predicted molar refractivity (Wildman–Crippen MR) is 110 cm³/mol. The average Bonchev–Trinajstić information content (AvgIpc) is 2.98. The molecule has 1 N–H and O–H groups in total. The van der Waals surface area contributed by atoms with Crippen LogP contribution in [0.1, 0.15) is 36.8 Å². The highest BCUT2D eigenvalue weighted by molar-refractivity contribution is 6.08. The van der Waals surface area contributed by atoms with Crippen molar-refractivity contribution in [3.63, 3.8) is 0 Å². The first-order valence-corrected chi connectivity index (χ1v) is 9.94. The van der Waals surface area contributed by atoms with Gasteiger partial charge < -0.3 is 5.32 Å². The number of fused-ring (bicyclic) bond motifs is 1. The molecule has 2 aromatic carbocycles. The molecule has 1 saturated carbocycles. The normalized spacial score (nSPS) is 20.6. The van der Waals surface area contributed by atoms with Gasteiger partial charge in [-0.15, -0.1) is 0 Å². The molecule has 1 aliphatic carbocycles. The van der Waals surface area contributed by atoms with E-state index in [9.17, 15) is 14.4 Å². The van der Waals surface area contributed by atoms with E-state index in [0.717, 1.165) is 41.7 Å². The Morgan fingerprint density at radius 2 is 1.52 bits per heavy atom. The van der Waals surface area contributed by atoms with Gasteiger partial charge in [-0.1, -0.05) is 48.9 Å². The van der Waals surface area contributed by atoms with Crippen molar-refractivity contribution >= 4 is 23.4 Å². The summed E-state index contributed by atoms with van der Waals surface area (Å²) < 4.78 is 0. The van der Waals surface area contributed by atoms with Crippen molar-refractivity contribution in [3.05, 3.63) is 65.7 Å². The number of hydrogen-bond acceptors (Lipinski definition) is 3. The van der Waals surface area contributed by atoms with Crippen molar-refractivity contribution in [1.29, 1.82) is 0 Å². The van der Waals surface area contributed by atoms with Gasteiger partial charge in [0.1, 0.15) is 6.54 Å². The smallest absolute Gasteiger partial charge is 0.244 e. The Kier molecular flexibility index (Phi) is 5.44. The molecule has 146 valence electrons. The number of benzene rings is 2. The second-order valence-electron chi connectivity index (χ2n) is 7.51. The Labute approximate surface area is 170 Å². The zero-order valence-corrected chi connectivity index (χ0v) is 16.1. The van der Waals surface area contributed by atoms with Crippen molar-refractivity contribution in [2.75, 3.05) is 11.9 Å². The monoisotopic (exact) mass is 386 g/mol. The van der Waals surface area contributed by atoms with Crippen LogP contribution in [0, 0.1) is 23.7 Å². The highest BCUT2D eigenvalue weighted by Gasteiger charge is 2.48. The summed E-state index contributed by atoms with van der Waals surface area (Å²) in [4.78, 5) is 38.6. The third-order valence-corrected chi connectivity index (χ3v) is 5.51. The van der Waals surface area contributed by atoms with Crippen LogP contribution in [0.4, 0.5) is 5.69 Å². The van der Waals surface area contributed by atoms with E-state index in [1.54, 1.807) is 12.1 Å². The van der Waals surface area contributed by atoms with E-state index >= 15 is 0 Å². The fourth-order valence-electron chi connectivity index (χ4n) is 4.07. The van der Waals surface area contributed by atoms with Crippen molar-refractivity contribution < 1.29 is 14.4 Å². The molecule has 29 heavy (non-hydrogen) atoms. The number of amides is 3. The summed E-state index contributed by atoms with van der Waals surface area (Å²) >= 11 is 0. The van der Waals surface area contributed by atoms with E-state index in [1.807, 2.05) is 42.5 Å². The van der Waals surface area contributed by atoms with Gasteiger partial charge in [0, 0.05) is 16.8 Å². The standard InChI is InChI=1S/C24H22N2O3/c27-22(16-26-23(28)20-11-4-5-12-21(20)24(26)29)25-19-10-6-9-18(15-19)14-13-17-7-2-1-3-8-17/h1-3,6-10,15,20-21H,4-5,11-12,16H2,(H,25,27). The minimum atomic E-state index is -0.376. The lowest BCUT2D eigenvalue weighted by atomic mass is 9.81. The van der Waals surface area contributed by atoms with Gasteiger partial charge in [0.25, 0.3) is 0 Å². The molecule has 3 amide bonds. The highest BCUT2D eigenvalue weighted by atomic mass is 16.2. The number of nitrogens with zero attached hydrogens (tertiary/aromatic N) is 1. The molecular formula is C24H22N2O3. The van der Waals surface area contributed by atoms with Crippen LogP contribution in [0.5, 0.6) is 0 Å². The Morgan fingerprint density at radius 3 is 2.21 bits per heavy atom. The summed E-state index contributed by atoms with van der Waals surface area (Å²) in [5, 5.41) is 2.78. The van der Waals surface area contributed by atoms with Gasteiger partial charge in [0.15, 0.2) is 0 Å². The molecular weight excluding hydrogens is 364 g/mol. The lowest BCUT2D eigenvalue weighted by Gasteiger charge is -2.19. The Hall–Kier alpha value is -3.39. The van der Waals surface area contributed by atoms with Crippen molar-refractivity contribution in [1.82, 2.24) is 4.90 Å². The summed E-state index contributed by atoms with van der Waals surface area (Å²) in [7, 11) is 0. The number of carbonyl (C=O) groups is 3. The van der Waals surface area contributed by atoms with E-state index in [-0.39, 0.29) is 36.1 Å². The molecule has 2 fully saturated rings. The third kappa shape index (κ3) is 4.22. The Bertz CT molecular complexity index is 980. The van der Waals surface area contributed by atoms with Crippen molar-refractivity contribution in [2.24, 2.45) is 11.8 Å². The molecule has 2 atom stereocenters. The molecule has 5 nitrogen and oxygen atoms in total. The summed E-state index contributed by atoms with van der Waals surface area (Å²) in [5.41, 5.74) is 2.27. The molecule has 1 saturated heterocycles. The van der Waals surface area contributed by atoms with Crippen molar-refractivity contribution in [3.8, 4) is 11.8 Å². The lowest BCUT2D eigenvalue weighted by molar-refractivity contribution is -0.142. The molecule has 4 rings (SSSR count). The van der Waals surface area contributed by atoms with Gasteiger partial charge in [0.05, 0.1) is 11.8 Å². The van der Waals surface area contributed by atoms with E-state index in [0.29, 0.717) is 5.69 Å². The fourth-order valence-corrected chi connectivity index (χ4v) is 4.07. The zero-order chi connectivity index (χ0) is 20.2. The number of carbonyl (C=O) groups excluding carboxylic acids is 3. The predicted octanol–water partition coefficient (Wildman–Crippen LogP) is 3.20. The van der Waals surface area contributed by atoms with Gasteiger partial charge in [-0.05, 0) is 43.2 Å². The maximum absolute atomic E-state index is 12.5. The molecule has 0 radical (unpaired) electrons. The van der Waals surface area contributed by atoms with Crippen LogP contribution in [-0.4, -0.2) is 29.2 Å². The molecule has 1 aliphatic heterocycles. The summed E-state index contributed by atoms with van der Waals surface area (Å²) in [6, 6.07) is 16.9. The maximum Gasteiger partial charge on any atom is 0.244 e. The SMILES string of the molecule is O=C(CN1C(=O)C2CCCCC2C1=O)Nc1cccc(C#Cc2ccccc2)c1. The highest BCUT2D eigenvalue weighted by Crippen LogP contribution is 2.37. The Balaban J connectivity index is 1.41. The van der Waals surface area contributed by atoms with E-state index in [4.69, 9.17) is 0 Å². The van der Waals surface area contributed by atoms with Crippen LogP contribution in [-0.2, 0) is 14.4 Å². The van der Waals surface area contributed by atoms with Gasteiger partial charge in [0.2, 0.25) is 17.7 Å². The molecule has 1 heterocycles.